The summed E-state index contributed by atoms with van der Waals surface area (Å²) in [5, 5.41) is 0.351. The fourth-order valence-corrected chi connectivity index (χ4v) is 3.03. The normalized spacial score (nSPS) is 12.0. The van der Waals surface area contributed by atoms with E-state index in [0.717, 1.165) is 19.5 Å². The molecule has 7 heteroatoms. The van der Waals surface area contributed by atoms with E-state index in [1.54, 1.807) is 0 Å². The second-order valence-electron chi connectivity index (χ2n) is 4.52. The maximum atomic E-state index is 12.1. The first-order valence-electron chi connectivity index (χ1n) is 6.67. The Morgan fingerprint density at radius 3 is 2.55 bits per heavy atom. The highest BCUT2D eigenvalue weighted by Gasteiger charge is 2.15. The highest BCUT2D eigenvalue weighted by molar-refractivity contribution is 7.89. The van der Waals surface area contributed by atoms with E-state index in [-0.39, 0.29) is 10.6 Å². The maximum Gasteiger partial charge on any atom is 0.240 e. The lowest BCUT2D eigenvalue weighted by molar-refractivity contribution is 0.293. The third-order valence-corrected chi connectivity index (χ3v) is 4.79. The van der Waals surface area contributed by atoms with Crippen LogP contribution in [0.1, 0.15) is 20.3 Å². The second kappa shape index (κ2) is 7.83. The van der Waals surface area contributed by atoms with Crippen LogP contribution in [0.2, 0.25) is 5.02 Å². The van der Waals surface area contributed by atoms with Crippen molar-refractivity contribution in [2.45, 2.75) is 25.2 Å². The smallest absolute Gasteiger partial charge is 0.240 e. The molecular weight excluding hydrogens is 298 g/mol. The molecule has 0 aliphatic rings. The van der Waals surface area contributed by atoms with Crippen molar-refractivity contribution >= 4 is 27.3 Å². The zero-order valence-corrected chi connectivity index (χ0v) is 13.5. The fraction of sp³-hybridized carbons (Fsp3) is 0.538. The monoisotopic (exact) mass is 319 g/mol. The van der Waals surface area contributed by atoms with Gasteiger partial charge in [-0.3, -0.25) is 0 Å². The van der Waals surface area contributed by atoms with Crippen molar-refractivity contribution in [1.82, 2.24) is 9.62 Å². The molecule has 0 amide bonds. The molecule has 0 atom stereocenters. The first-order valence-corrected chi connectivity index (χ1v) is 8.53. The second-order valence-corrected chi connectivity index (χ2v) is 6.69. The maximum absolute atomic E-state index is 12.1. The third kappa shape index (κ3) is 4.94. The van der Waals surface area contributed by atoms with Crippen molar-refractivity contribution in [3.05, 3.63) is 23.2 Å². The minimum atomic E-state index is -3.53. The first-order chi connectivity index (χ1) is 9.40. The molecule has 0 unspecified atom stereocenters. The molecule has 5 nitrogen and oxygen atoms in total. The van der Waals surface area contributed by atoms with Crippen molar-refractivity contribution in [3.8, 4) is 0 Å². The number of likely N-dealkylation sites (N-methyl/N-ethyl adjacent to an activating group) is 1. The Labute approximate surface area is 126 Å². The summed E-state index contributed by atoms with van der Waals surface area (Å²) in [7, 11) is -3.53. The molecule has 0 bridgehead atoms. The van der Waals surface area contributed by atoms with Crippen LogP contribution in [0.25, 0.3) is 0 Å². The highest BCUT2D eigenvalue weighted by atomic mass is 35.5. The van der Waals surface area contributed by atoms with Gasteiger partial charge in [-0.25, -0.2) is 13.1 Å². The van der Waals surface area contributed by atoms with Gasteiger partial charge in [0.1, 0.15) is 0 Å². The van der Waals surface area contributed by atoms with Gasteiger partial charge in [0, 0.05) is 13.1 Å². The number of halogens is 1. The van der Waals surface area contributed by atoms with E-state index in [4.69, 9.17) is 17.3 Å². The van der Waals surface area contributed by atoms with Crippen LogP contribution in [0.15, 0.2) is 23.1 Å². The van der Waals surface area contributed by atoms with Crippen LogP contribution in [0, 0.1) is 0 Å². The van der Waals surface area contributed by atoms with Crippen molar-refractivity contribution < 1.29 is 8.42 Å². The third-order valence-electron chi connectivity index (χ3n) is 2.98. The van der Waals surface area contributed by atoms with Crippen LogP contribution in [-0.2, 0) is 10.0 Å². The van der Waals surface area contributed by atoms with Crippen molar-refractivity contribution in [3.63, 3.8) is 0 Å². The fourth-order valence-electron chi connectivity index (χ4n) is 1.85. The molecule has 0 aliphatic carbocycles. The molecule has 0 radical (unpaired) electrons. The van der Waals surface area contributed by atoms with Crippen LogP contribution in [0.3, 0.4) is 0 Å². The minimum Gasteiger partial charge on any atom is -0.397 e. The van der Waals surface area contributed by atoms with Gasteiger partial charge >= 0.3 is 0 Å². The van der Waals surface area contributed by atoms with E-state index < -0.39 is 10.0 Å². The van der Waals surface area contributed by atoms with Crippen LogP contribution in [0.5, 0.6) is 0 Å². The Morgan fingerprint density at radius 1 is 1.30 bits per heavy atom. The summed E-state index contributed by atoms with van der Waals surface area (Å²) in [6, 6.07) is 4.31. The number of nitrogens with zero attached hydrogens (tertiary/aromatic N) is 1. The number of benzene rings is 1. The molecule has 0 aliphatic heterocycles. The molecule has 0 spiro atoms. The van der Waals surface area contributed by atoms with E-state index in [0.29, 0.717) is 18.1 Å². The average molecular weight is 320 g/mol. The molecule has 114 valence electrons. The largest absolute Gasteiger partial charge is 0.397 e. The Balaban J connectivity index is 2.63. The van der Waals surface area contributed by atoms with Crippen LogP contribution in [-0.4, -0.2) is 39.5 Å². The summed E-state index contributed by atoms with van der Waals surface area (Å²) in [6.07, 6.45) is 1.05. The number of hydrogen-bond donors (Lipinski definition) is 2. The summed E-state index contributed by atoms with van der Waals surface area (Å²) in [6.45, 7) is 7.09. The van der Waals surface area contributed by atoms with Gasteiger partial charge in [0.2, 0.25) is 10.0 Å². The predicted octanol–water partition coefficient (Wildman–Crippen LogP) is 1.93. The molecule has 0 heterocycles. The summed E-state index contributed by atoms with van der Waals surface area (Å²) in [4.78, 5) is 2.33. The first kappa shape index (κ1) is 17.2. The van der Waals surface area contributed by atoms with Crippen LogP contribution >= 0.6 is 11.6 Å². The van der Waals surface area contributed by atoms with Gasteiger partial charge in [0.25, 0.3) is 0 Å². The number of hydrogen-bond acceptors (Lipinski definition) is 4. The standard InChI is InChI=1S/C13H22ClN3O2S/c1-3-8-17(4-2)9-7-16-20(18,19)11-5-6-12(14)13(15)10-11/h5-6,10,16H,3-4,7-9,15H2,1-2H3. The van der Waals surface area contributed by atoms with Crippen molar-refractivity contribution in [2.75, 3.05) is 31.9 Å². The SMILES string of the molecule is CCCN(CC)CCNS(=O)(=O)c1ccc(Cl)c(N)c1. The van der Waals surface area contributed by atoms with Gasteiger partial charge < -0.3 is 10.6 Å². The van der Waals surface area contributed by atoms with E-state index in [1.165, 1.54) is 18.2 Å². The van der Waals surface area contributed by atoms with Crippen molar-refractivity contribution in [1.29, 1.82) is 0 Å². The lowest BCUT2D eigenvalue weighted by Crippen LogP contribution is -2.35. The number of anilines is 1. The van der Waals surface area contributed by atoms with E-state index >= 15 is 0 Å². The van der Waals surface area contributed by atoms with Gasteiger partial charge in [0.05, 0.1) is 15.6 Å². The lowest BCUT2D eigenvalue weighted by Gasteiger charge is -2.19. The van der Waals surface area contributed by atoms with Gasteiger partial charge in [-0.05, 0) is 37.7 Å². The number of nitrogens with one attached hydrogen (secondary N) is 1. The molecule has 0 aromatic heterocycles. The molecule has 3 N–H and O–H groups in total. The topological polar surface area (TPSA) is 75.4 Å². The van der Waals surface area contributed by atoms with E-state index in [9.17, 15) is 8.42 Å². The molecule has 1 rings (SSSR count). The molecule has 0 fully saturated rings. The molecule has 20 heavy (non-hydrogen) atoms. The summed E-state index contributed by atoms with van der Waals surface area (Å²) in [5.74, 6) is 0. The molecule has 0 saturated heterocycles. The summed E-state index contributed by atoms with van der Waals surface area (Å²) in [5.41, 5.74) is 5.88. The van der Waals surface area contributed by atoms with Crippen LogP contribution < -0.4 is 10.5 Å². The Morgan fingerprint density at radius 2 is 2.00 bits per heavy atom. The predicted molar refractivity (Wildman–Crippen MR) is 83.5 cm³/mol. The molecule has 1 aromatic rings. The zero-order chi connectivity index (χ0) is 15.2. The van der Waals surface area contributed by atoms with Gasteiger partial charge in [-0.2, -0.15) is 0 Å². The number of nitrogen functional groups attached to an aromatic ring is 1. The number of nitrogens with two attached hydrogens (primary N) is 1. The molecule has 1 aromatic carbocycles. The highest BCUT2D eigenvalue weighted by Crippen LogP contribution is 2.21. The summed E-state index contributed by atoms with van der Waals surface area (Å²) >= 11 is 5.78. The molecular formula is C13H22ClN3O2S. The summed E-state index contributed by atoms with van der Waals surface area (Å²) < 4.78 is 26.8. The van der Waals surface area contributed by atoms with Gasteiger partial charge in [-0.1, -0.05) is 25.4 Å². The van der Waals surface area contributed by atoms with Crippen molar-refractivity contribution in [2.24, 2.45) is 0 Å². The molecule has 0 saturated carbocycles. The Kier molecular flexibility index (Phi) is 6.75. The average Bonchev–Trinajstić information content (AvgIpc) is 2.40. The van der Waals surface area contributed by atoms with Gasteiger partial charge in [0.15, 0.2) is 0 Å². The Bertz CT molecular complexity index is 534. The number of sulfonamides is 1. The van der Waals surface area contributed by atoms with Crippen LogP contribution in [0.4, 0.5) is 5.69 Å². The minimum absolute atomic E-state index is 0.137. The Hall–Kier alpha value is -0.820. The lowest BCUT2D eigenvalue weighted by atomic mass is 10.3. The van der Waals surface area contributed by atoms with E-state index in [1.807, 2.05) is 0 Å². The zero-order valence-electron chi connectivity index (χ0n) is 11.9. The number of rotatable bonds is 8. The quantitative estimate of drug-likeness (QED) is 0.718. The van der Waals surface area contributed by atoms with E-state index in [2.05, 4.69) is 23.5 Å². The van der Waals surface area contributed by atoms with Gasteiger partial charge in [-0.15, -0.1) is 0 Å².